The Morgan fingerprint density at radius 3 is 2.40 bits per heavy atom. The smallest absolute Gasteiger partial charge is 0.269 e. The highest BCUT2D eigenvalue weighted by Crippen LogP contribution is 2.19. The largest absolute Gasteiger partial charge is 0.383 e. The number of nitrogens with zero attached hydrogens (tertiary/aromatic N) is 1. The van der Waals surface area contributed by atoms with E-state index in [9.17, 15) is 14.9 Å². The van der Waals surface area contributed by atoms with Crippen LogP contribution in [0, 0.1) is 17.0 Å². The van der Waals surface area contributed by atoms with Gasteiger partial charge in [0.25, 0.3) is 5.69 Å². The van der Waals surface area contributed by atoms with Gasteiger partial charge in [-0.25, -0.2) is 0 Å². The van der Waals surface area contributed by atoms with Crippen LogP contribution in [0.5, 0.6) is 0 Å². The van der Waals surface area contributed by atoms with Crippen molar-refractivity contribution < 1.29 is 9.72 Å². The van der Waals surface area contributed by atoms with Crippen LogP contribution < -0.4 is 10.6 Å². The molecule has 0 heterocycles. The summed E-state index contributed by atoms with van der Waals surface area (Å²) >= 11 is 1.67. The maximum atomic E-state index is 11.8. The number of hydrogen-bond donors (Lipinski definition) is 2. The zero-order valence-electron chi connectivity index (χ0n) is 14.0. The minimum Gasteiger partial charge on any atom is -0.383 e. The molecule has 0 aliphatic carbocycles. The molecule has 0 atom stereocenters. The summed E-state index contributed by atoms with van der Waals surface area (Å²) < 4.78 is 0. The molecule has 7 heteroatoms. The van der Waals surface area contributed by atoms with E-state index in [1.807, 2.05) is 6.92 Å². The average molecular weight is 359 g/mol. The molecule has 0 saturated carbocycles. The molecule has 0 aliphatic rings. The van der Waals surface area contributed by atoms with Crippen LogP contribution in [0.2, 0.25) is 0 Å². The average Bonchev–Trinajstić information content (AvgIpc) is 2.61. The second-order valence-corrected chi connectivity index (χ2v) is 6.66. The number of carbonyl (C=O) groups excluding carboxylic acids is 1. The topological polar surface area (TPSA) is 84.3 Å². The van der Waals surface area contributed by atoms with Crippen LogP contribution in [0.15, 0.2) is 53.4 Å². The summed E-state index contributed by atoms with van der Waals surface area (Å²) in [5.41, 5.74) is 2.07. The molecule has 0 fully saturated rings. The lowest BCUT2D eigenvalue weighted by Gasteiger charge is -2.08. The molecule has 2 rings (SSSR count). The molecular weight excluding hydrogens is 338 g/mol. The van der Waals surface area contributed by atoms with E-state index >= 15 is 0 Å². The molecule has 0 aromatic heterocycles. The number of nitro benzene ring substituents is 1. The number of aryl methyl sites for hydroxylation is 1. The molecule has 25 heavy (non-hydrogen) atoms. The molecule has 0 spiro atoms. The summed E-state index contributed by atoms with van der Waals surface area (Å²) in [7, 11) is 0. The molecule has 1 amide bonds. The van der Waals surface area contributed by atoms with Crippen molar-refractivity contribution in [3.05, 3.63) is 64.2 Å². The maximum absolute atomic E-state index is 11.8. The van der Waals surface area contributed by atoms with E-state index in [1.165, 1.54) is 22.6 Å². The van der Waals surface area contributed by atoms with Gasteiger partial charge in [-0.05, 0) is 31.2 Å². The predicted octanol–water partition coefficient (Wildman–Crippen LogP) is 3.61. The Balaban J connectivity index is 1.58. The van der Waals surface area contributed by atoms with Crippen molar-refractivity contribution in [2.24, 2.45) is 0 Å². The highest BCUT2D eigenvalue weighted by molar-refractivity contribution is 7.99. The lowest BCUT2D eigenvalue weighted by atomic mass is 10.2. The zero-order valence-corrected chi connectivity index (χ0v) is 14.8. The van der Waals surface area contributed by atoms with Crippen LogP contribution in [-0.2, 0) is 4.79 Å². The molecule has 2 aromatic rings. The van der Waals surface area contributed by atoms with Gasteiger partial charge in [-0.1, -0.05) is 17.7 Å². The molecule has 0 radical (unpaired) electrons. The number of anilines is 1. The minimum absolute atomic E-state index is 0.0186. The Kier molecular flexibility index (Phi) is 7.28. The van der Waals surface area contributed by atoms with Crippen molar-refractivity contribution in [3.8, 4) is 0 Å². The first-order valence-electron chi connectivity index (χ1n) is 7.99. The van der Waals surface area contributed by atoms with Crippen molar-refractivity contribution in [1.29, 1.82) is 0 Å². The summed E-state index contributed by atoms with van der Waals surface area (Å²) in [6.45, 7) is 3.12. The van der Waals surface area contributed by atoms with Gasteiger partial charge in [0.05, 0.1) is 4.92 Å². The van der Waals surface area contributed by atoms with Crippen molar-refractivity contribution in [3.63, 3.8) is 0 Å². The Morgan fingerprint density at radius 2 is 1.76 bits per heavy atom. The van der Waals surface area contributed by atoms with E-state index in [0.29, 0.717) is 19.5 Å². The monoisotopic (exact) mass is 359 g/mol. The fraction of sp³-hybridized carbons (Fsp3) is 0.278. The van der Waals surface area contributed by atoms with Crippen molar-refractivity contribution in [1.82, 2.24) is 5.32 Å². The van der Waals surface area contributed by atoms with E-state index in [0.717, 1.165) is 11.4 Å². The number of thioether (sulfide) groups is 1. The molecule has 6 nitrogen and oxygen atoms in total. The van der Waals surface area contributed by atoms with E-state index in [2.05, 4.69) is 34.9 Å². The van der Waals surface area contributed by atoms with Crippen molar-refractivity contribution in [2.45, 2.75) is 18.2 Å². The van der Waals surface area contributed by atoms with Gasteiger partial charge in [-0.2, -0.15) is 0 Å². The normalized spacial score (nSPS) is 10.3. The lowest BCUT2D eigenvalue weighted by molar-refractivity contribution is -0.384. The van der Waals surface area contributed by atoms with Gasteiger partial charge in [0.15, 0.2) is 0 Å². The first kappa shape index (κ1) is 18.8. The lowest BCUT2D eigenvalue weighted by Crippen LogP contribution is -2.28. The summed E-state index contributed by atoms with van der Waals surface area (Å²) in [6.07, 6.45) is 0.468. The van der Waals surface area contributed by atoms with Crippen molar-refractivity contribution >= 4 is 29.0 Å². The third-order valence-electron chi connectivity index (χ3n) is 3.47. The van der Waals surface area contributed by atoms with Gasteiger partial charge in [0, 0.05) is 48.0 Å². The Morgan fingerprint density at radius 1 is 1.08 bits per heavy atom. The van der Waals surface area contributed by atoms with Gasteiger partial charge in [0.1, 0.15) is 0 Å². The first-order valence-corrected chi connectivity index (χ1v) is 8.97. The molecule has 132 valence electrons. The fourth-order valence-electron chi connectivity index (χ4n) is 2.09. The van der Waals surface area contributed by atoms with E-state index < -0.39 is 4.92 Å². The van der Waals surface area contributed by atoms with Gasteiger partial charge >= 0.3 is 0 Å². The summed E-state index contributed by atoms with van der Waals surface area (Å²) in [5, 5.41) is 16.5. The highest BCUT2D eigenvalue weighted by Gasteiger charge is 2.04. The molecule has 0 unspecified atom stereocenters. The first-order chi connectivity index (χ1) is 12.0. The van der Waals surface area contributed by atoms with Crippen LogP contribution in [-0.4, -0.2) is 29.7 Å². The van der Waals surface area contributed by atoms with Gasteiger partial charge in [0.2, 0.25) is 5.91 Å². The number of rotatable bonds is 9. The maximum Gasteiger partial charge on any atom is 0.269 e. The second kappa shape index (κ2) is 9.68. The molecule has 0 bridgehead atoms. The standard InChI is InChI=1S/C18H21N3O3S/c1-14-2-8-17(9-3-14)25-13-10-18(22)20-12-11-19-15-4-6-16(7-5-15)21(23)24/h2-9,19H,10-13H2,1H3,(H,20,22). The Hall–Kier alpha value is -2.54. The SMILES string of the molecule is Cc1ccc(SCCC(=O)NCCNc2ccc([N+](=O)[O-])cc2)cc1. The van der Waals surface area contributed by atoms with Gasteiger partial charge < -0.3 is 10.6 Å². The quantitative estimate of drug-likeness (QED) is 0.309. The van der Waals surface area contributed by atoms with Crippen LogP contribution in [0.25, 0.3) is 0 Å². The molecular formula is C18H21N3O3S. The van der Waals surface area contributed by atoms with Crippen LogP contribution in [0.3, 0.4) is 0 Å². The van der Waals surface area contributed by atoms with E-state index in [4.69, 9.17) is 0 Å². The highest BCUT2D eigenvalue weighted by atomic mass is 32.2. The molecule has 2 aromatic carbocycles. The molecule has 2 N–H and O–H groups in total. The number of carbonyl (C=O) groups is 1. The number of hydrogen-bond acceptors (Lipinski definition) is 5. The van der Waals surface area contributed by atoms with E-state index in [-0.39, 0.29) is 11.6 Å². The number of nitro groups is 1. The number of nitrogens with one attached hydrogen (secondary N) is 2. The zero-order chi connectivity index (χ0) is 18.1. The third kappa shape index (κ3) is 6.84. The number of benzene rings is 2. The summed E-state index contributed by atoms with van der Waals surface area (Å²) in [5.74, 6) is 0.759. The molecule has 0 saturated heterocycles. The third-order valence-corrected chi connectivity index (χ3v) is 4.49. The second-order valence-electron chi connectivity index (χ2n) is 5.49. The Bertz CT molecular complexity index is 703. The van der Waals surface area contributed by atoms with Crippen LogP contribution in [0.4, 0.5) is 11.4 Å². The fourth-order valence-corrected chi connectivity index (χ4v) is 2.95. The predicted molar refractivity (Wildman–Crippen MR) is 101 cm³/mol. The Labute approximate surface area is 151 Å². The van der Waals surface area contributed by atoms with Crippen molar-refractivity contribution in [2.75, 3.05) is 24.2 Å². The van der Waals surface area contributed by atoms with E-state index in [1.54, 1.807) is 23.9 Å². The van der Waals surface area contributed by atoms with Crippen LogP contribution >= 0.6 is 11.8 Å². The minimum atomic E-state index is -0.432. The summed E-state index contributed by atoms with van der Waals surface area (Å²) in [4.78, 5) is 23.1. The number of amides is 1. The van der Waals surface area contributed by atoms with Gasteiger partial charge in [-0.15, -0.1) is 11.8 Å². The van der Waals surface area contributed by atoms with Gasteiger partial charge in [-0.3, -0.25) is 14.9 Å². The number of non-ortho nitro benzene ring substituents is 1. The summed E-state index contributed by atoms with van der Waals surface area (Å²) in [6, 6.07) is 14.4. The van der Waals surface area contributed by atoms with Crippen LogP contribution in [0.1, 0.15) is 12.0 Å². The molecule has 0 aliphatic heterocycles.